The van der Waals surface area contributed by atoms with Gasteiger partial charge in [-0.2, -0.15) is 0 Å². The second-order valence-corrected chi connectivity index (χ2v) is 8.48. The number of methoxy groups -OCH3 is 1. The van der Waals surface area contributed by atoms with Gasteiger partial charge in [-0.25, -0.2) is 4.98 Å². The third-order valence-corrected chi connectivity index (χ3v) is 4.23. The number of ether oxygens (including phenoxy) is 1. The molecule has 0 aliphatic carbocycles. The van der Waals surface area contributed by atoms with Gasteiger partial charge in [-0.05, 0) is 45.7 Å². The number of aromatic hydroxyl groups is 1. The van der Waals surface area contributed by atoms with E-state index in [0.29, 0.717) is 18.2 Å². The molecule has 0 bridgehead atoms. The number of hydrogen-bond donors (Lipinski definition) is 2. The summed E-state index contributed by atoms with van der Waals surface area (Å²) in [4.78, 5) is 4.21. The predicted octanol–water partition coefficient (Wildman–Crippen LogP) is 5.00. The molecule has 1 aromatic heterocycles. The molecule has 0 spiro atoms. The molecular weight excluding hydrogens is 312 g/mol. The maximum absolute atomic E-state index is 10.8. The first kappa shape index (κ1) is 19.1. The van der Waals surface area contributed by atoms with E-state index in [1.165, 1.54) is 0 Å². The van der Waals surface area contributed by atoms with Gasteiger partial charge < -0.3 is 15.2 Å². The Hall–Kier alpha value is -2.23. The van der Waals surface area contributed by atoms with Crippen LogP contribution in [0.3, 0.4) is 0 Å². The molecule has 136 valence electrons. The van der Waals surface area contributed by atoms with Crippen molar-refractivity contribution in [2.45, 2.75) is 58.9 Å². The summed E-state index contributed by atoms with van der Waals surface area (Å²) >= 11 is 0. The number of phenolic OH excluding ortho intramolecular Hbond substituents is 1. The standard InChI is InChI=1S/C21H30N2O2/c1-20(2,3)16-10-14(11-17(19(16)24)21(4,5)6)12-22-15-8-9-18(25-7)23-13-15/h8-11,13,22,24H,12H2,1-7H3. The number of phenols is 1. The SMILES string of the molecule is COc1ccc(NCc2cc(C(C)(C)C)c(O)c(C(C)(C)C)c2)cn1. The number of nitrogens with one attached hydrogen (secondary N) is 1. The van der Waals surface area contributed by atoms with E-state index in [9.17, 15) is 5.11 Å². The lowest BCUT2D eigenvalue weighted by Gasteiger charge is -2.28. The lowest BCUT2D eigenvalue weighted by molar-refractivity contribution is 0.398. The summed E-state index contributed by atoms with van der Waals surface area (Å²) in [6, 6.07) is 7.96. The van der Waals surface area contributed by atoms with E-state index in [2.05, 4.69) is 64.0 Å². The van der Waals surface area contributed by atoms with Gasteiger partial charge in [0, 0.05) is 12.6 Å². The first-order valence-corrected chi connectivity index (χ1v) is 8.63. The van der Waals surface area contributed by atoms with Gasteiger partial charge >= 0.3 is 0 Å². The van der Waals surface area contributed by atoms with E-state index in [-0.39, 0.29) is 10.8 Å². The fourth-order valence-corrected chi connectivity index (χ4v) is 2.75. The third kappa shape index (κ3) is 4.65. The summed E-state index contributed by atoms with van der Waals surface area (Å²) in [5.41, 5.74) is 3.78. The van der Waals surface area contributed by atoms with E-state index in [4.69, 9.17) is 4.74 Å². The number of benzene rings is 1. The molecule has 0 aliphatic rings. The maximum atomic E-state index is 10.8. The number of nitrogens with zero attached hydrogens (tertiary/aromatic N) is 1. The Morgan fingerprint density at radius 3 is 1.96 bits per heavy atom. The Bertz CT molecular complexity index is 688. The molecule has 0 aliphatic heterocycles. The quantitative estimate of drug-likeness (QED) is 0.821. The van der Waals surface area contributed by atoms with Crippen LogP contribution in [0.15, 0.2) is 30.5 Å². The molecule has 0 radical (unpaired) electrons. The molecule has 1 heterocycles. The molecule has 0 fully saturated rings. The summed E-state index contributed by atoms with van der Waals surface area (Å²) in [5, 5.41) is 14.2. The lowest BCUT2D eigenvalue weighted by Crippen LogP contribution is -2.18. The van der Waals surface area contributed by atoms with Gasteiger partial charge in [0.2, 0.25) is 5.88 Å². The summed E-state index contributed by atoms with van der Waals surface area (Å²) in [6.07, 6.45) is 1.76. The van der Waals surface area contributed by atoms with Crippen molar-refractivity contribution >= 4 is 5.69 Å². The lowest BCUT2D eigenvalue weighted by atomic mass is 9.78. The molecular formula is C21H30N2O2. The molecule has 0 amide bonds. The zero-order valence-electron chi connectivity index (χ0n) is 16.4. The van der Waals surface area contributed by atoms with Crippen molar-refractivity contribution in [1.29, 1.82) is 0 Å². The van der Waals surface area contributed by atoms with Crippen LogP contribution < -0.4 is 10.1 Å². The Morgan fingerprint density at radius 1 is 1.00 bits per heavy atom. The summed E-state index contributed by atoms with van der Waals surface area (Å²) in [7, 11) is 1.61. The zero-order valence-corrected chi connectivity index (χ0v) is 16.4. The number of anilines is 1. The average molecular weight is 342 g/mol. The van der Waals surface area contributed by atoms with Crippen molar-refractivity contribution in [3.8, 4) is 11.6 Å². The fraction of sp³-hybridized carbons (Fsp3) is 0.476. The molecule has 25 heavy (non-hydrogen) atoms. The van der Waals surface area contributed by atoms with Crippen molar-refractivity contribution in [3.05, 3.63) is 47.2 Å². The van der Waals surface area contributed by atoms with Crippen LogP contribution in [-0.2, 0) is 17.4 Å². The van der Waals surface area contributed by atoms with Gasteiger partial charge in [-0.1, -0.05) is 41.5 Å². The highest BCUT2D eigenvalue weighted by molar-refractivity contribution is 5.51. The van der Waals surface area contributed by atoms with Gasteiger partial charge in [-0.15, -0.1) is 0 Å². The Balaban J connectivity index is 2.33. The molecule has 0 unspecified atom stereocenters. The largest absolute Gasteiger partial charge is 0.507 e. The summed E-state index contributed by atoms with van der Waals surface area (Å²) < 4.78 is 5.08. The zero-order chi connectivity index (χ0) is 18.8. The van der Waals surface area contributed by atoms with E-state index < -0.39 is 0 Å². The first-order chi connectivity index (χ1) is 11.5. The molecule has 1 aromatic carbocycles. The fourth-order valence-electron chi connectivity index (χ4n) is 2.75. The normalized spacial score (nSPS) is 12.1. The molecule has 4 heteroatoms. The number of aromatic nitrogens is 1. The average Bonchev–Trinajstić information content (AvgIpc) is 2.52. The second kappa shape index (κ2) is 6.95. The minimum atomic E-state index is -0.123. The first-order valence-electron chi connectivity index (χ1n) is 8.63. The van der Waals surface area contributed by atoms with Crippen molar-refractivity contribution in [3.63, 3.8) is 0 Å². The second-order valence-electron chi connectivity index (χ2n) is 8.48. The van der Waals surface area contributed by atoms with Crippen molar-refractivity contribution in [1.82, 2.24) is 4.98 Å². The molecule has 0 atom stereocenters. The minimum Gasteiger partial charge on any atom is -0.507 e. The highest BCUT2D eigenvalue weighted by Crippen LogP contribution is 2.39. The number of hydrogen-bond acceptors (Lipinski definition) is 4. The monoisotopic (exact) mass is 342 g/mol. The van der Waals surface area contributed by atoms with E-state index in [1.54, 1.807) is 13.3 Å². The minimum absolute atomic E-state index is 0.123. The Morgan fingerprint density at radius 2 is 1.56 bits per heavy atom. The molecule has 2 N–H and O–H groups in total. The topological polar surface area (TPSA) is 54.4 Å². The highest BCUT2D eigenvalue weighted by Gasteiger charge is 2.26. The van der Waals surface area contributed by atoms with Crippen LogP contribution in [0.5, 0.6) is 11.6 Å². The molecule has 4 nitrogen and oxygen atoms in total. The van der Waals surface area contributed by atoms with Crippen LogP contribution in [0.2, 0.25) is 0 Å². The van der Waals surface area contributed by atoms with Crippen LogP contribution in [0, 0.1) is 0 Å². The molecule has 0 saturated carbocycles. The Kier molecular flexibility index (Phi) is 5.31. The van der Waals surface area contributed by atoms with Crippen molar-refractivity contribution in [2.24, 2.45) is 0 Å². The van der Waals surface area contributed by atoms with Crippen LogP contribution in [-0.4, -0.2) is 17.2 Å². The van der Waals surface area contributed by atoms with Gasteiger partial charge in [0.15, 0.2) is 0 Å². The van der Waals surface area contributed by atoms with E-state index in [1.807, 2.05) is 12.1 Å². The van der Waals surface area contributed by atoms with Gasteiger partial charge in [0.05, 0.1) is 19.0 Å². The molecule has 2 aromatic rings. The molecule has 0 saturated heterocycles. The van der Waals surface area contributed by atoms with Crippen LogP contribution in [0.1, 0.15) is 58.2 Å². The predicted molar refractivity (Wildman–Crippen MR) is 104 cm³/mol. The smallest absolute Gasteiger partial charge is 0.213 e. The van der Waals surface area contributed by atoms with Gasteiger partial charge in [-0.3, -0.25) is 0 Å². The highest BCUT2D eigenvalue weighted by atomic mass is 16.5. The van der Waals surface area contributed by atoms with Crippen molar-refractivity contribution < 1.29 is 9.84 Å². The number of rotatable bonds is 4. The van der Waals surface area contributed by atoms with Crippen LogP contribution in [0.4, 0.5) is 5.69 Å². The molecule has 2 rings (SSSR count). The maximum Gasteiger partial charge on any atom is 0.213 e. The van der Waals surface area contributed by atoms with Crippen LogP contribution in [0.25, 0.3) is 0 Å². The van der Waals surface area contributed by atoms with Gasteiger partial charge in [0.1, 0.15) is 5.75 Å². The third-order valence-electron chi connectivity index (χ3n) is 4.23. The van der Waals surface area contributed by atoms with Crippen molar-refractivity contribution in [2.75, 3.05) is 12.4 Å². The van der Waals surface area contributed by atoms with Crippen LogP contribution >= 0.6 is 0 Å². The van der Waals surface area contributed by atoms with Gasteiger partial charge in [0.25, 0.3) is 0 Å². The summed E-state index contributed by atoms with van der Waals surface area (Å²) in [5.74, 6) is 1.01. The van der Waals surface area contributed by atoms with E-state index in [0.717, 1.165) is 22.4 Å². The van der Waals surface area contributed by atoms with E-state index >= 15 is 0 Å². The number of pyridine rings is 1. The Labute approximate surface area is 151 Å². The summed E-state index contributed by atoms with van der Waals surface area (Å²) in [6.45, 7) is 13.4.